The van der Waals surface area contributed by atoms with E-state index in [1.165, 1.54) is 7.11 Å². The first kappa shape index (κ1) is 10.5. The van der Waals surface area contributed by atoms with E-state index < -0.39 is 12.0 Å². The number of hydrazine groups is 1. The van der Waals surface area contributed by atoms with Crippen molar-refractivity contribution in [3.63, 3.8) is 0 Å². The summed E-state index contributed by atoms with van der Waals surface area (Å²) in [6.07, 6.45) is 3.17. The number of rotatable bonds is 2. The van der Waals surface area contributed by atoms with Crippen LogP contribution in [0.4, 0.5) is 0 Å². The molecule has 0 aromatic carbocycles. The second kappa shape index (κ2) is 4.22. The van der Waals surface area contributed by atoms with E-state index in [0.29, 0.717) is 17.2 Å². The molecule has 2 aliphatic heterocycles. The Kier molecular flexibility index (Phi) is 2.76. The lowest BCUT2D eigenvalue weighted by atomic mass is 10.1. The van der Waals surface area contributed by atoms with Crippen molar-refractivity contribution < 1.29 is 14.3 Å². The second-order valence-corrected chi connectivity index (χ2v) is 3.14. The number of hydrogen-bond acceptors (Lipinski definition) is 6. The third kappa shape index (κ3) is 1.71. The third-order valence-electron chi connectivity index (χ3n) is 2.24. The van der Waals surface area contributed by atoms with Gasteiger partial charge in [0.1, 0.15) is 5.76 Å². The van der Waals surface area contributed by atoms with Crippen molar-refractivity contribution in [1.82, 2.24) is 10.9 Å². The van der Waals surface area contributed by atoms with E-state index in [2.05, 4.69) is 26.3 Å². The fourth-order valence-electron chi connectivity index (χ4n) is 1.39. The van der Waals surface area contributed by atoms with Crippen LogP contribution in [-0.4, -0.2) is 32.1 Å². The number of nitrogens with one attached hydrogen (secondary N) is 2. The average molecular weight is 221 g/mol. The average Bonchev–Trinajstić information content (AvgIpc) is 2.61. The molecule has 2 N–H and O–H groups in total. The van der Waals surface area contributed by atoms with Crippen molar-refractivity contribution in [2.45, 2.75) is 6.04 Å². The van der Waals surface area contributed by atoms with Gasteiger partial charge in [0.15, 0.2) is 11.9 Å². The molecule has 6 nitrogen and oxygen atoms in total. The summed E-state index contributed by atoms with van der Waals surface area (Å²) in [5.74, 6) is 0.716. The standard InChI is InChI=1S/C10H11N3O3/c1-15-6-3-4-7-8(10(14)16-2)12-13-9(7)11-5-6/h3,5,8,12H,1-2H3,(H,11,13). The Labute approximate surface area is 92.3 Å². The molecule has 0 saturated carbocycles. The molecule has 0 radical (unpaired) electrons. The summed E-state index contributed by atoms with van der Waals surface area (Å²) >= 11 is 0. The molecule has 2 heterocycles. The van der Waals surface area contributed by atoms with E-state index in [9.17, 15) is 4.79 Å². The summed E-state index contributed by atoms with van der Waals surface area (Å²) in [5.41, 5.74) is 9.11. The number of nitrogens with zero attached hydrogens (tertiary/aromatic N) is 1. The number of carbonyl (C=O) groups is 1. The molecule has 1 unspecified atom stereocenters. The van der Waals surface area contributed by atoms with Crippen LogP contribution in [0.5, 0.6) is 0 Å². The summed E-state index contributed by atoms with van der Waals surface area (Å²) in [7, 11) is 2.87. The molecule has 0 amide bonds. The maximum atomic E-state index is 11.4. The molecule has 84 valence electrons. The van der Waals surface area contributed by atoms with Gasteiger partial charge >= 0.3 is 5.97 Å². The number of amidine groups is 1. The van der Waals surface area contributed by atoms with Crippen LogP contribution in [0.25, 0.3) is 0 Å². The van der Waals surface area contributed by atoms with Crippen LogP contribution in [0, 0.1) is 0 Å². The zero-order chi connectivity index (χ0) is 11.5. The van der Waals surface area contributed by atoms with E-state index >= 15 is 0 Å². The van der Waals surface area contributed by atoms with Crippen LogP contribution in [0.1, 0.15) is 0 Å². The highest BCUT2D eigenvalue weighted by atomic mass is 16.5. The van der Waals surface area contributed by atoms with Crippen LogP contribution in [0.3, 0.4) is 0 Å². The predicted octanol–water partition coefficient (Wildman–Crippen LogP) is -0.383. The van der Waals surface area contributed by atoms with E-state index in [4.69, 9.17) is 4.74 Å². The van der Waals surface area contributed by atoms with Crippen molar-refractivity contribution >= 4 is 11.8 Å². The molecule has 0 spiro atoms. The molecule has 1 atom stereocenters. The van der Waals surface area contributed by atoms with Crippen LogP contribution in [0.15, 0.2) is 34.3 Å². The number of carbonyl (C=O) groups excluding carboxylic acids is 1. The van der Waals surface area contributed by atoms with Crippen LogP contribution in [-0.2, 0) is 14.3 Å². The van der Waals surface area contributed by atoms with Crippen LogP contribution in [0.2, 0.25) is 0 Å². The van der Waals surface area contributed by atoms with Gasteiger partial charge in [0.2, 0.25) is 0 Å². The summed E-state index contributed by atoms with van der Waals surface area (Å²) in [4.78, 5) is 15.6. The number of methoxy groups -OCH3 is 2. The van der Waals surface area contributed by atoms with Crippen LogP contribution >= 0.6 is 0 Å². The van der Waals surface area contributed by atoms with Gasteiger partial charge in [0.05, 0.1) is 26.0 Å². The van der Waals surface area contributed by atoms with Gasteiger partial charge in [-0.1, -0.05) is 0 Å². The Hall–Kier alpha value is -2.04. The van der Waals surface area contributed by atoms with Crippen molar-refractivity contribution in [1.29, 1.82) is 0 Å². The first-order chi connectivity index (χ1) is 7.76. The second-order valence-electron chi connectivity index (χ2n) is 3.14. The number of hydrogen-bond donors (Lipinski definition) is 2. The summed E-state index contributed by atoms with van der Waals surface area (Å²) in [6, 6.07) is -0.593. The molecule has 1 saturated heterocycles. The number of ether oxygens (including phenoxy) is 2. The minimum Gasteiger partial charge on any atom is -0.494 e. The zero-order valence-corrected chi connectivity index (χ0v) is 8.90. The van der Waals surface area contributed by atoms with E-state index in [1.807, 2.05) is 0 Å². The lowest BCUT2D eigenvalue weighted by Gasteiger charge is -2.05. The van der Waals surface area contributed by atoms with Gasteiger partial charge in [0.25, 0.3) is 0 Å². The lowest BCUT2D eigenvalue weighted by Crippen LogP contribution is -2.37. The van der Waals surface area contributed by atoms with Crippen molar-refractivity contribution in [3.8, 4) is 0 Å². The van der Waals surface area contributed by atoms with Crippen LogP contribution < -0.4 is 10.9 Å². The Bertz CT molecular complexity index is 444. The SMILES string of the molecule is COC(=O)C1NNC2=NC=C(OC)C=C=C21. The molecule has 0 aromatic rings. The Balaban J connectivity index is 2.35. The maximum absolute atomic E-state index is 11.4. The molecular formula is C10H11N3O3. The minimum absolute atomic E-state index is 0.394. The fraction of sp³-hybridized carbons (Fsp3) is 0.300. The topological polar surface area (TPSA) is 72.0 Å². The van der Waals surface area contributed by atoms with Crippen molar-refractivity contribution in [2.75, 3.05) is 14.2 Å². The van der Waals surface area contributed by atoms with Gasteiger partial charge in [-0.05, 0) is 0 Å². The first-order valence-corrected chi connectivity index (χ1v) is 4.64. The summed E-state index contributed by atoms with van der Waals surface area (Å²) in [5, 5.41) is 0. The molecular weight excluding hydrogens is 210 g/mol. The summed E-state index contributed by atoms with van der Waals surface area (Å²) in [6.45, 7) is 0. The van der Waals surface area contributed by atoms with Gasteiger partial charge < -0.3 is 14.9 Å². The molecule has 1 fully saturated rings. The Morgan fingerprint density at radius 2 is 2.38 bits per heavy atom. The largest absolute Gasteiger partial charge is 0.494 e. The smallest absolute Gasteiger partial charge is 0.330 e. The predicted molar refractivity (Wildman–Crippen MR) is 56.2 cm³/mol. The zero-order valence-electron chi connectivity index (χ0n) is 8.90. The van der Waals surface area contributed by atoms with Gasteiger partial charge in [-0.2, -0.15) is 0 Å². The summed E-state index contributed by atoms with van der Waals surface area (Å²) < 4.78 is 9.67. The highest BCUT2D eigenvalue weighted by Gasteiger charge is 2.33. The molecule has 2 aliphatic rings. The fourth-order valence-corrected chi connectivity index (χ4v) is 1.39. The van der Waals surface area contributed by atoms with Crippen molar-refractivity contribution in [2.24, 2.45) is 4.99 Å². The van der Waals surface area contributed by atoms with E-state index in [0.717, 1.165) is 0 Å². The third-order valence-corrected chi connectivity index (χ3v) is 2.24. The minimum atomic E-state index is -0.593. The maximum Gasteiger partial charge on any atom is 0.330 e. The van der Waals surface area contributed by atoms with Gasteiger partial charge in [-0.15, -0.1) is 5.73 Å². The molecule has 16 heavy (non-hydrogen) atoms. The van der Waals surface area contributed by atoms with E-state index in [1.54, 1.807) is 19.4 Å². The lowest BCUT2D eigenvalue weighted by molar-refractivity contribution is -0.141. The number of esters is 1. The normalized spacial score (nSPS) is 22.1. The molecule has 6 heteroatoms. The molecule has 0 aromatic heterocycles. The Morgan fingerprint density at radius 1 is 1.56 bits per heavy atom. The quantitative estimate of drug-likeness (QED) is 0.491. The first-order valence-electron chi connectivity index (χ1n) is 4.64. The number of allylic oxidation sites excluding steroid dienone is 1. The molecule has 0 aliphatic carbocycles. The van der Waals surface area contributed by atoms with Gasteiger partial charge in [0, 0.05) is 6.08 Å². The number of aliphatic imine (C=N–C) groups is 1. The molecule has 0 bridgehead atoms. The monoisotopic (exact) mass is 221 g/mol. The van der Waals surface area contributed by atoms with Gasteiger partial charge in [-0.3, -0.25) is 0 Å². The van der Waals surface area contributed by atoms with Gasteiger partial charge in [-0.25, -0.2) is 15.2 Å². The highest BCUT2D eigenvalue weighted by Crippen LogP contribution is 2.13. The van der Waals surface area contributed by atoms with E-state index in [-0.39, 0.29) is 0 Å². The van der Waals surface area contributed by atoms with Crippen molar-refractivity contribution in [3.05, 3.63) is 29.3 Å². The number of fused-ring (bicyclic) bond motifs is 1. The Morgan fingerprint density at radius 3 is 3.06 bits per heavy atom. The highest BCUT2D eigenvalue weighted by molar-refractivity contribution is 6.07. The molecule has 2 rings (SSSR count).